The summed E-state index contributed by atoms with van der Waals surface area (Å²) < 4.78 is 1.89. The Morgan fingerprint density at radius 3 is 2.81 bits per heavy atom. The third-order valence-corrected chi connectivity index (χ3v) is 3.49. The van der Waals surface area contributed by atoms with Crippen LogP contribution >= 0.6 is 0 Å². The molecule has 0 aromatic carbocycles. The lowest BCUT2D eigenvalue weighted by atomic mass is 9.95. The second-order valence-electron chi connectivity index (χ2n) is 4.64. The van der Waals surface area contributed by atoms with Gasteiger partial charge in [-0.1, -0.05) is 6.07 Å². The van der Waals surface area contributed by atoms with Crippen LogP contribution in [-0.4, -0.2) is 17.7 Å². The van der Waals surface area contributed by atoms with Gasteiger partial charge in [0, 0.05) is 18.3 Å². The van der Waals surface area contributed by atoms with Crippen LogP contribution in [0.5, 0.6) is 0 Å². The zero-order chi connectivity index (χ0) is 11.4. The molecule has 1 aromatic rings. The predicted molar refractivity (Wildman–Crippen MR) is 65.6 cm³/mol. The predicted octanol–water partition coefficient (Wildman–Crippen LogP) is 1.55. The Labute approximate surface area is 96.5 Å². The van der Waals surface area contributed by atoms with Crippen LogP contribution in [0.3, 0.4) is 0 Å². The first-order valence-corrected chi connectivity index (χ1v) is 6.14. The Bertz CT molecular complexity index is 391. The van der Waals surface area contributed by atoms with Crippen molar-refractivity contribution in [1.29, 1.82) is 0 Å². The third kappa shape index (κ3) is 2.73. The molecule has 1 saturated heterocycles. The van der Waals surface area contributed by atoms with Crippen molar-refractivity contribution in [2.75, 3.05) is 13.1 Å². The zero-order valence-electron chi connectivity index (χ0n) is 9.91. The van der Waals surface area contributed by atoms with Gasteiger partial charge in [0.2, 0.25) is 0 Å². The lowest BCUT2D eigenvalue weighted by Gasteiger charge is -2.23. The molecule has 88 valence electrons. The summed E-state index contributed by atoms with van der Waals surface area (Å²) in [5, 5.41) is 3.37. The van der Waals surface area contributed by atoms with Crippen LogP contribution < -0.4 is 10.9 Å². The van der Waals surface area contributed by atoms with Gasteiger partial charge < -0.3 is 9.88 Å². The molecule has 0 bridgehead atoms. The van der Waals surface area contributed by atoms with Gasteiger partial charge in [-0.25, -0.2) is 0 Å². The average Bonchev–Trinajstić information content (AvgIpc) is 2.30. The highest BCUT2D eigenvalue weighted by Gasteiger charge is 2.13. The van der Waals surface area contributed by atoms with E-state index >= 15 is 0 Å². The molecule has 16 heavy (non-hydrogen) atoms. The van der Waals surface area contributed by atoms with E-state index in [0.717, 1.165) is 37.7 Å². The third-order valence-electron chi connectivity index (χ3n) is 3.49. The van der Waals surface area contributed by atoms with Crippen LogP contribution in [0.4, 0.5) is 0 Å². The first kappa shape index (κ1) is 11.4. The van der Waals surface area contributed by atoms with E-state index in [2.05, 4.69) is 5.32 Å². The van der Waals surface area contributed by atoms with Crippen LogP contribution in [0, 0.1) is 12.8 Å². The molecule has 1 fully saturated rings. The largest absolute Gasteiger partial charge is 0.317 e. The first-order valence-electron chi connectivity index (χ1n) is 6.14. The fraction of sp³-hybridized carbons (Fsp3) is 0.615. The van der Waals surface area contributed by atoms with Crippen molar-refractivity contribution in [1.82, 2.24) is 9.88 Å². The van der Waals surface area contributed by atoms with Crippen LogP contribution in [0.2, 0.25) is 0 Å². The first-order chi connectivity index (χ1) is 7.77. The van der Waals surface area contributed by atoms with Crippen LogP contribution in [-0.2, 0) is 6.54 Å². The minimum Gasteiger partial charge on any atom is -0.317 e. The minimum atomic E-state index is 0.133. The van der Waals surface area contributed by atoms with Crippen molar-refractivity contribution < 1.29 is 0 Å². The van der Waals surface area contributed by atoms with E-state index in [0.29, 0.717) is 0 Å². The summed E-state index contributed by atoms with van der Waals surface area (Å²) in [5.74, 6) is 0.785. The molecule has 0 radical (unpaired) electrons. The Morgan fingerprint density at radius 1 is 1.38 bits per heavy atom. The van der Waals surface area contributed by atoms with Crippen LogP contribution in [0.1, 0.15) is 25.0 Å². The highest BCUT2D eigenvalue weighted by Crippen LogP contribution is 2.16. The van der Waals surface area contributed by atoms with E-state index in [1.165, 1.54) is 12.8 Å². The Kier molecular flexibility index (Phi) is 3.78. The summed E-state index contributed by atoms with van der Waals surface area (Å²) in [4.78, 5) is 11.7. The normalized spacial score (nSPS) is 17.6. The lowest BCUT2D eigenvalue weighted by Crippen LogP contribution is -2.29. The van der Waals surface area contributed by atoms with Gasteiger partial charge in [-0.15, -0.1) is 0 Å². The number of aryl methyl sites for hydroxylation is 1. The topological polar surface area (TPSA) is 34.0 Å². The Morgan fingerprint density at radius 2 is 2.12 bits per heavy atom. The van der Waals surface area contributed by atoms with Crippen molar-refractivity contribution in [2.24, 2.45) is 5.92 Å². The second kappa shape index (κ2) is 5.30. The molecule has 2 rings (SSSR count). The molecule has 0 amide bonds. The van der Waals surface area contributed by atoms with E-state index in [-0.39, 0.29) is 5.56 Å². The summed E-state index contributed by atoms with van der Waals surface area (Å²) in [5.41, 5.74) is 1.20. The van der Waals surface area contributed by atoms with Gasteiger partial charge in [0.05, 0.1) is 0 Å². The van der Waals surface area contributed by atoms with Gasteiger partial charge in [-0.05, 0) is 51.3 Å². The number of pyridine rings is 1. The molecule has 2 heterocycles. The van der Waals surface area contributed by atoms with Gasteiger partial charge in [0.1, 0.15) is 0 Å². The lowest BCUT2D eigenvalue weighted by molar-refractivity contribution is 0.335. The molecule has 3 nitrogen and oxygen atoms in total. The maximum atomic E-state index is 11.7. The molecule has 1 aromatic heterocycles. The molecule has 1 N–H and O–H groups in total. The molecular weight excluding hydrogens is 200 g/mol. The number of piperidine rings is 1. The van der Waals surface area contributed by atoms with E-state index in [1.54, 1.807) is 6.07 Å². The molecule has 0 spiro atoms. The smallest absolute Gasteiger partial charge is 0.250 e. The minimum absolute atomic E-state index is 0.133. The summed E-state index contributed by atoms with van der Waals surface area (Å²) >= 11 is 0. The SMILES string of the molecule is Cc1cccc(=O)n1CCC1CCNCC1. The average molecular weight is 220 g/mol. The van der Waals surface area contributed by atoms with Crippen LogP contribution in [0.25, 0.3) is 0 Å². The highest BCUT2D eigenvalue weighted by atomic mass is 16.1. The maximum absolute atomic E-state index is 11.7. The molecular formula is C13H20N2O. The number of nitrogens with one attached hydrogen (secondary N) is 1. The Balaban J connectivity index is 1.96. The molecule has 3 heteroatoms. The molecule has 1 aliphatic heterocycles. The van der Waals surface area contributed by atoms with Gasteiger partial charge in [-0.3, -0.25) is 4.79 Å². The molecule has 0 aliphatic carbocycles. The van der Waals surface area contributed by atoms with Crippen molar-refractivity contribution in [2.45, 2.75) is 32.7 Å². The highest BCUT2D eigenvalue weighted by molar-refractivity contribution is 5.04. The summed E-state index contributed by atoms with van der Waals surface area (Å²) in [6.45, 7) is 5.14. The monoisotopic (exact) mass is 220 g/mol. The van der Waals surface area contributed by atoms with E-state index in [1.807, 2.05) is 23.6 Å². The number of hydrogen-bond donors (Lipinski definition) is 1. The fourth-order valence-electron chi connectivity index (χ4n) is 2.39. The van der Waals surface area contributed by atoms with Crippen molar-refractivity contribution in [3.63, 3.8) is 0 Å². The van der Waals surface area contributed by atoms with E-state index < -0.39 is 0 Å². The molecule has 0 atom stereocenters. The van der Waals surface area contributed by atoms with Gasteiger partial charge in [-0.2, -0.15) is 0 Å². The van der Waals surface area contributed by atoms with Gasteiger partial charge in [0.25, 0.3) is 5.56 Å². The number of nitrogens with zero attached hydrogens (tertiary/aromatic N) is 1. The quantitative estimate of drug-likeness (QED) is 0.838. The fourth-order valence-corrected chi connectivity index (χ4v) is 2.39. The summed E-state index contributed by atoms with van der Waals surface area (Å²) in [6, 6.07) is 5.48. The zero-order valence-corrected chi connectivity index (χ0v) is 9.91. The second-order valence-corrected chi connectivity index (χ2v) is 4.64. The van der Waals surface area contributed by atoms with Crippen molar-refractivity contribution >= 4 is 0 Å². The maximum Gasteiger partial charge on any atom is 0.250 e. The Hall–Kier alpha value is -1.09. The van der Waals surface area contributed by atoms with E-state index in [9.17, 15) is 4.79 Å². The number of hydrogen-bond acceptors (Lipinski definition) is 2. The number of aromatic nitrogens is 1. The molecule has 0 unspecified atom stereocenters. The number of rotatable bonds is 3. The molecule has 1 aliphatic rings. The molecule has 0 saturated carbocycles. The van der Waals surface area contributed by atoms with Crippen molar-refractivity contribution in [3.8, 4) is 0 Å². The van der Waals surface area contributed by atoms with Crippen molar-refractivity contribution in [3.05, 3.63) is 34.2 Å². The van der Waals surface area contributed by atoms with E-state index in [4.69, 9.17) is 0 Å². The van der Waals surface area contributed by atoms with Gasteiger partial charge in [0.15, 0.2) is 0 Å². The van der Waals surface area contributed by atoms with Gasteiger partial charge >= 0.3 is 0 Å². The summed E-state index contributed by atoms with van der Waals surface area (Å²) in [6.07, 6.45) is 3.63. The summed E-state index contributed by atoms with van der Waals surface area (Å²) in [7, 11) is 0. The standard InChI is InChI=1S/C13H20N2O/c1-11-3-2-4-13(16)15(11)10-7-12-5-8-14-9-6-12/h2-4,12,14H,5-10H2,1H3. The van der Waals surface area contributed by atoms with Crippen LogP contribution in [0.15, 0.2) is 23.0 Å².